The van der Waals surface area contributed by atoms with Gasteiger partial charge in [-0.2, -0.15) is 0 Å². The summed E-state index contributed by atoms with van der Waals surface area (Å²) in [7, 11) is 0. The molecule has 0 aromatic heterocycles. The molecule has 0 amide bonds. The van der Waals surface area contributed by atoms with E-state index in [2.05, 4.69) is 0 Å². The highest BCUT2D eigenvalue weighted by Gasteiger charge is 2.46. The summed E-state index contributed by atoms with van der Waals surface area (Å²) >= 11 is 0. The Labute approximate surface area is 238 Å². The van der Waals surface area contributed by atoms with Gasteiger partial charge in [-0.25, -0.2) is 0 Å². The van der Waals surface area contributed by atoms with Crippen molar-refractivity contribution in [1.82, 2.24) is 0 Å². The first kappa shape index (κ1) is 34.0. The molecule has 4 atom stereocenters. The maximum absolute atomic E-state index is 11.4. The van der Waals surface area contributed by atoms with Crippen molar-refractivity contribution in [2.24, 2.45) is 0 Å². The smallest absolute Gasteiger partial charge is 0.121 e. The van der Waals surface area contributed by atoms with Crippen molar-refractivity contribution in [3.63, 3.8) is 0 Å². The number of rotatable bonds is 30. The molecule has 6 nitrogen and oxygen atoms in total. The van der Waals surface area contributed by atoms with Crippen molar-refractivity contribution in [2.75, 3.05) is 19.8 Å². The Kier molecular flexibility index (Phi) is 24.1. The van der Waals surface area contributed by atoms with Gasteiger partial charge < -0.3 is 30.3 Å². The lowest BCUT2D eigenvalue weighted by atomic mass is 9.82. The largest absolute Gasteiger partial charge is 0.394 e. The molecule has 0 heterocycles. The number of unbranched alkanes of at least 4 members (excludes halogenated alkanes) is 20. The van der Waals surface area contributed by atoms with Crippen molar-refractivity contribution in [3.05, 3.63) is 0 Å². The lowest BCUT2D eigenvalue weighted by Crippen LogP contribution is -2.59. The molecule has 0 bridgehead atoms. The first-order chi connectivity index (χ1) is 19.5. The Hall–Kier alpha value is -0.240. The molecular formula is C32H66O6. The highest BCUT2D eigenvalue weighted by molar-refractivity contribution is 4.97. The second-order valence-electron chi connectivity index (χ2n) is 11.3. The zero-order valence-corrected chi connectivity index (χ0v) is 24.7. The summed E-state index contributed by atoms with van der Waals surface area (Å²) in [5.74, 6) is 0. The van der Waals surface area contributed by atoms with Crippen molar-refractivity contribution < 1.29 is 33.0 Å². The third-order valence-corrected chi connectivity index (χ3v) is 7.80. The zero-order chi connectivity index (χ0) is 29.7. The minimum Gasteiger partial charge on any atom is -0.394 e. The number of aliphatic hydroxyl groups is 5. The summed E-state index contributed by atoms with van der Waals surface area (Å²) < 4.78 is 20.2. The summed E-state index contributed by atoms with van der Waals surface area (Å²) in [6, 6.07) is 0. The molecule has 0 saturated heterocycles. The molecule has 0 radical (unpaired) electrons. The Balaban J connectivity index is 4.27. The molecule has 0 aliphatic carbocycles. The van der Waals surface area contributed by atoms with E-state index in [0.29, 0.717) is 26.8 Å². The van der Waals surface area contributed by atoms with E-state index < -0.39 is 37.1 Å². The molecule has 0 aliphatic rings. The van der Waals surface area contributed by atoms with Gasteiger partial charge in [-0.1, -0.05) is 149 Å². The molecule has 0 aliphatic heterocycles. The summed E-state index contributed by atoms with van der Waals surface area (Å²) in [4.78, 5) is 0. The lowest BCUT2D eigenvalue weighted by molar-refractivity contribution is -0.211. The Morgan fingerprint density at radius 1 is 0.579 bits per heavy atom. The van der Waals surface area contributed by atoms with E-state index in [1.165, 1.54) is 77.0 Å². The fourth-order valence-electron chi connectivity index (χ4n) is 5.24. The number of hydrogen-bond donors (Lipinski definition) is 5. The van der Waals surface area contributed by atoms with Crippen LogP contribution in [0.25, 0.3) is 0 Å². The molecule has 230 valence electrons. The summed E-state index contributed by atoms with van der Waals surface area (Å²) in [5.41, 5.74) is -1.82. The second-order valence-corrected chi connectivity index (χ2v) is 11.3. The Morgan fingerprint density at radius 2 is 0.974 bits per heavy atom. The molecular weight excluding hydrogens is 480 g/mol. The first-order valence-corrected chi connectivity index (χ1v) is 16.0. The molecule has 5 N–H and O–H groups in total. The first-order valence-electron chi connectivity index (χ1n) is 17.4. The van der Waals surface area contributed by atoms with Gasteiger partial charge in [0.1, 0.15) is 23.9 Å². The van der Waals surface area contributed by atoms with Gasteiger partial charge in [0.2, 0.25) is 0 Å². The highest BCUT2D eigenvalue weighted by atomic mass is 16.5. The lowest BCUT2D eigenvalue weighted by Gasteiger charge is -2.41. The molecule has 6 heteroatoms. The van der Waals surface area contributed by atoms with Crippen LogP contribution in [0.2, 0.25) is 0 Å². The standard InChI is InChI=1S/C32H66O6/c1-3-5-7-9-11-13-15-17-19-21-23-25-32(37,30(36)28-34)31(29(35)27-33)38-26-24-22-20-18-16-14-12-10-8-6-4-2/h29-31,33-37H,3-28H2,1-2H3/t29-,30-,31-,32-/m1/s1/i1D,2D. The predicted octanol–water partition coefficient (Wildman–Crippen LogP) is 6.82. The average Bonchev–Trinajstić information content (AvgIpc) is 2.97. The normalized spacial score (nSPS) is 16.6. The molecule has 0 aromatic carbocycles. The predicted molar refractivity (Wildman–Crippen MR) is 158 cm³/mol. The Morgan fingerprint density at radius 3 is 1.37 bits per heavy atom. The van der Waals surface area contributed by atoms with E-state index in [4.69, 9.17) is 7.48 Å². The minimum absolute atomic E-state index is 0.190. The van der Waals surface area contributed by atoms with Crippen LogP contribution in [0.3, 0.4) is 0 Å². The van der Waals surface area contributed by atoms with Crippen LogP contribution in [-0.4, -0.2) is 69.3 Å². The number of hydrogen-bond acceptors (Lipinski definition) is 6. The van der Waals surface area contributed by atoms with Gasteiger partial charge in [-0.15, -0.1) is 0 Å². The van der Waals surface area contributed by atoms with Crippen LogP contribution in [0.4, 0.5) is 0 Å². The van der Waals surface area contributed by atoms with Crippen LogP contribution in [0.5, 0.6) is 0 Å². The summed E-state index contributed by atoms with van der Waals surface area (Å²) in [6.45, 7) is 0.173. The fourth-order valence-corrected chi connectivity index (χ4v) is 5.24. The van der Waals surface area contributed by atoms with Crippen molar-refractivity contribution in [1.29, 1.82) is 0 Å². The highest BCUT2D eigenvalue weighted by Crippen LogP contribution is 2.29. The molecule has 0 rings (SSSR count). The van der Waals surface area contributed by atoms with Crippen LogP contribution in [-0.2, 0) is 4.74 Å². The molecule has 0 saturated carbocycles. The summed E-state index contributed by atoms with van der Waals surface area (Å²) in [6.07, 6.45) is 20.7. The van der Waals surface area contributed by atoms with Gasteiger partial charge in [0.15, 0.2) is 0 Å². The Bertz CT molecular complexity index is 516. The average molecular weight is 549 g/mol. The van der Waals surface area contributed by atoms with Crippen molar-refractivity contribution >= 4 is 0 Å². The van der Waals surface area contributed by atoms with Crippen LogP contribution >= 0.6 is 0 Å². The number of ether oxygens (including phenoxy) is 1. The van der Waals surface area contributed by atoms with Gasteiger partial charge in [-0.05, 0) is 12.8 Å². The molecule has 0 aromatic rings. The van der Waals surface area contributed by atoms with Crippen molar-refractivity contribution in [2.45, 2.75) is 185 Å². The van der Waals surface area contributed by atoms with Gasteiger partial charge in [0, 0.05) is 9.35 Å². The topological polar surface area (TPSA) is 110 Å². The van der Waals surface area contributed by atoms with Gasteiger partial charge in [-0.3, -0.25) is 0 Å². The van der Waals surface area contributed by atoms with Crippen LogP contribution < -0.4 is 0 Å². The fraction of sp³-hybridized carbons (Fsp3) is 1.00. The zero-order valence-electron chi connectivity index (χ0n) is 26.7. The molecule has 0 spiro atoms. The number of aliphatic hydroxyl groups excluding tert-OH is 4. The molecule has 0 unspecified atom stereocenters. The van der Waals surface area contributed by atoms with Gasteiger partial charge in [0.25, 0.3) is 0 Å². The quantitative estimate of drug-likeness (QED) is 0.0630. The SMILES string of the molecule is [2H]CCCCCCCCCCCCCO[C@H]([C@H](O)CO)[C@@](O)(CCCCCCCCCCCCC[2H])[C@H](O)CO. The maximum atomic E-state index is 11.4. The van der Waals surface area contributed by atoms with Crippen LogP contribution in [0.15, 0.2) is 0 Å². The van der Waals surface area contributed by atoms with Gasteiger partial charge in [0.05, 0.1) is 13.2 Å². The second kappa shape index (κ2) is 27.0. The third kappa shape index (κ3) is 18.9. The summed E-state index contributed by atoms with van der Waals surface area (Å²) in [5, 5.41) is 51.5. The van der Waals surface area contributed by atoms with E-state index in [1.807, 2.05) is 0 Å². The third-order valence-electron chi connectivity index (χ3n) is 7.80. The van der Waals surface area contributed by atoms with E-state index >= 15 is 0 Å². The van der Waals surface area contributed by atoms with Crippen LogP contribution in [0.1, 0.15) is 164 Å². The molecule has 38 heavy (non-hydrogen) atoms. The minimum atomic E-state index is -1.82. The van der Waals surface area contributed by atoms with E-state index in [0.717, 1.165) is 57.8 Å². The van der Waals surface area contributed by atoms with Crippen molar-refractivity contribution in [3.8, 4) is 0 Å². The molecule has 0 fully saturated rings. The van der Waals surface area contributed by atoms with Gasteiger partial charge >= 0.3 is 0 Å². The monoisotopic (exact) mass is 548 g/mol. The van der Waals surface area contributed by atoms with Crippen LogP contribution in [0, 0.1) is 0 Å². The van der Waals surface area contributed by atoms with E-state index in [-0.39, 0.29) is 6.42 Å². The maximum Gasteiger partial charge on any atom is 0.121 e. The van der Waals surface area contributed by atoms with E-state index in [1.54, 1.807) is 0 Å². The van der Waals surface area contributed by atoms with E-state index in [9.17, 15) is 25.5 Å².